The van der Waals surface area contributed by atoms with Crippen LogP contribution in [0.15, 0.2) is 12.1 Å². The number of fused-ring (bicyclic) bond motifs is 1. The average molecular weight is 327 g/mol. The number of carbonyl (C=O) groups is 1. The van der Waals surface area contributed by atoms with E-state index in [1.54, 1.807) is 11.8 Å². The SMILES string of the molecule is Cc1c(N2CCCC2C(=O)O)nc2cc(F)cc(F)c2c1Cl. The minimum absolute atomic E-state index is 0.0513. The summed E-state index contributed by atoms with van der Waals surface area (Å²) >= 11 is 6.22. The Kier molecular flexibility index (Phi) is 3.64. The van der Waals surface area contributed by atoms with E-state index in [-0.39, 0.29) is 15.9 Å². The van der Waals surface area contributed by atoms with Crippen LogP contribution in [0.2, 0.25) is 5.02 Å². The highest BCUT2D eigenvalue weighted by molar-refractivity contribution is 6.36. The molecule has 1 saturated heterocycles. The summed E-state index contributed by atoms with van der Waals surface area (Å²) in [5.41, 5.74) is 0.576. The lowest BCUT2D eigenvalue weighted by Crippen LogP contribution is -2.37. The Hall–Kier alpha value is -1.95. The van der Waals surface area contributed by atoms with Crippen molar-refractivity contribution in [1.82, 2.24) is 4.98 Å². The molecule has 7 heteroatoms. The molecule has 3 rings (SSSR count). The third kappa shape index (κ3) is 2.27. The quantitative estimate of drug-likeness (QED) is 0.917. The molecule has 0 aliphatic carbocycles. The molecule has 2 heterocycles. The normalized spacial score (nSPS) is 18.2. The van der Waals surface area contributed by atoms with Gasteiger partial charge < -0.3 is 10.0 Å². The molecule has 0 spiro atoms. The van der Waals surface area contributed by atoms with E-state index in [1.165, 1.54) is 0 Å². The first-order valence-electron chi connectivity index (χ1n) is 6.84. The third-order valence-electron chi connectivity index (χ3n) is 3.95. The molecule has 0 amide bonds. The van der Waals surface area contributed by atoms with E-state index >= 15 is 0 Å². The predicted molar refractivity (Wildman–Crippen MR) is 79.4 cm³/mol. The van der Waals surface area contributed by atoms with Crippen LogP contribution in [0.1, 0.15) is 18.4 Å². The lowest BCUT2D eigenvalue weighted by Gasteiger charge is -2.25. The topological polar surface area (TPSA) is 53.4 Å². The molecule has 1 aliphatic heterocycles. The van der Waals surface area contributed by atoms with Crippen molar-refractivity contribution in [2.45, 2.75) is 25.8 Å². The van der Waals surface area contributed by atoms with Crippen molar-refractivity contribution in [1.29, 1.82) is 0 Å². The maximum atomic E-state index is 13.9. The van der Waals surface area contributed by atoms with Gasteiger partial charge in [0, 0.05) is 24.2 Å². The molecular weight excluding hydrogens is 314 g/mol. The molecule has 1 N–H and O–H groups in total. The number of aromatic nitrogens is 1. The molecule has 2 aromatic rings. The number of carboxylic acid groups (broad SMARTS) is 1. The van der Waals surface area contributed by atoms with Crippen LogP contribution >= 0.6 is 11.6 Å². The van der Waals surface area contributed by atoms with Crippen molar-refractivity contribution in [3.8, 4) is 0 Å². The average Bonchev–Trinajstić information content (AvgIpc) is 2.91. The van der Waals surface area contributed by atoms with E-state index in [0.717, 1.165) is 12.1 Å². The zero-order valence-corrected chi connectivity index (χ0v) is 12.5. The summed E-state index contributed by atoms with van der Waals surface area (Å²) in [7, 11) is 0. The molecule has 1 fully saturated rings. The number of aliphatic carboxylic acids is 1. The second-order valence-corrected chi connectivity index (χ2v) is 5.72. The van der Waals surface area contributed by atoms with Crippen molar-refractivity contribution in [2.75, 3.05) is 11.4 Å². The number of nitrogens with zero attached hydrogens (tertiary/aromatic N) is 2. The highest BCUT2D eigenvalue weighted by atomic mass is 35.5. The molecule has 116 valence electrons. The van der Waals surface area contributed by atoms with E-state index < -0.39 is 23.6 Å². The number of anilines is 1. The molecule has 0 bridgehead atoms. The van der Waals surface area contributed by atoms with Crippen molar-refractivity contribution in [3.05, 3.63) is 34.4 Å². The Morgan fingerprint density at radius 2 is 2.18 bits per heavy atom. The maximum Gasteiger partial charge on any atom is 0.326 e. The molecule has 1 atom stereocenters. The van der Waals surface area contributed by atoms with Crippen molar-refractivity contribution in [2.24, 2.45) is 0 Å². The molecular formula is C15H13ClF2N2O2. The fraction of sp³-hybridized carbons (Fsp3) is 0.333. The maximum absolute atomic E-state index is 13.9. The van der Waals surface area contributed by atoms with Gasteiger partial charge in [0.15, 0.2) is 0 Å². The van der Waals surface area contributed by atoms with E-state index in [9.17, 15) is 18.7 Å². The second-order valence-electron chi connectivity index (χ2n) is 5.35. The molecule has 1 aromatic carbocycles. The van der Waals surface area contributed by atoms with Gasteiger partial charge in [-0.05, 0) is 19.8 Å². The summed E-state index contributed by atoms with van der Waals surface area (Å²) < 4.78 is 27.3. The van der Waals surface area contributed by atoms with Crippen LogP contribution in [-0.2, 0) is 4.79 Å². The number of hydrogen-bond acceptors (Lipinski definition) is 3. The Morgan fingerprint density at radius 1 is 1.45 bits per heavy atom. The highest BCUT2D eigenvalue weighted by Gasteiger charge is 2.33. The summed E-state index contributed by atoms with van der Waals surface area (Å²) in [6.07, 6.45) is 1.22. The van der Waals surface area contributed by atoms with Gasteiger partial charge >= 0.3 is 5.97 Å². The third-order valence-corrected chi connectivity index (χ3v) is 4.43. The first-order chi connectivity index (χ1) is 10.4. The van der Waals surface area contributed by atoms with E-state index in [2.05, 4.69) is 4.98 Å². The molecule has 4 nitrogen and oxygen atoms in total. The monoisotopic (exact) mass is 326 g/mol. The Balaban J connectivity index is 2.23. The minimum Gasteiger partial charge on any atom is -0.480 e. The summed E-state index contributed by atoms with van der Waals surface area (Å²) in [5, 5.41) is 9.47. The molecule has 0 saturated carbocycles. The minimum atomic E-state index is -0.944. The van der Waals surface area contributed by atoms with Gasteiger partial charge in [-0.3, -0.25) is 0 Å². The van der Waals surface area contributed by atoms with Crippen LogP contribution in [-0.4, -0.2) is 28.6 Å². The van der Waals surface area contributed by atoms with Crippen LogP contribution in [0.5, 0.6) is 0 Å². The molecule has 1 unspecified atom stereocenters. The fourth-order valence-corrected chi connectivity index (χ4v) is 3.18. The standard InChI is InChI=1S/C15H13ClF2N2O2/c1-7-13(16)12-9(18)5-8(17)6-10(12)19-14(7)20-4-2-3-11(20)15(21)22/h5-6,11H,2-4H2,1H3,(H,21,22). The van der Waals surface area contributed by atoms with Gasteiger partial charge in [0.25, 0.3) is 0 Å². The zero-order valence-electron chi connectivity index (χ0n) is 11.7. The van der Waals surface area contributed by atoms with Crippen molar-refractivity contribution < 1.29 is 18.7 Å². The van der Waals surface area contributed by atoms with Crippen LogP contribution in [0.4, 0.5) is 14.6 Å². The van der Waals surface area contributed by atoms with Gasteiger partial charge in [-0.1, -0.05) is 11.6 Å². The van der Waals surface area contributed by atoms with Crippen LogP contribution in [0.25, 0.3) is 10.9 Å². The molecule has 1 aromatic heterocycles. The van der Waals surface area contributed by atoms with Gasteiger partial charge in [0.2, 0.25) is 0 Å². The van der Waals surface area contributed by atoms with Crippen LogP contribution in [0, 0.1) is 18.6 Å². The van der Waals surface area contributed by atoms with Gasteiger partial charge in [-0.25, -0.2) is 18.6 Å². The van der Waals surface area contributed by atoms with E-state index in [4.69, 9.17) is 11.6 Å². The van der Waals surface area contributed by atoms with Gasteiger partial charge in [-0.2, -0.15) is 0 Å². The smallest absolute Gasteiger partial charge is 0.326 e. The Labute approximate surface area is 130 Å². The van der Waals surface area contributed by atoms with Crippen molar-refractivity contribution >= 4 is 34.3 Å². The summed E-state index contributed by atoms with van der Waals surface area (Å²) in [6.45, 7) is 2.18. The predicted octanol–water partition coefficient (Wildman–Crippen LogP) is 3.53. The largest absolute Gasteiger partial charge is 0.480 e. The number of halogens is 3. The number of carboxylic acids is 1. The Bertz CT molecular complexity index is 782. The van der Waals surface area contributed by atoms with Gasteiger partial charge in [0.05, 0.1) is 15.9 Å². The number of rotatable bonds is 2. The Morgan fingerprint density at radius 3 is 2.86 bits per heavy atom. The molecule has 22 heavy (non-hydrogen) atoms. The summed E-state index contributed by atoms with van der Waals surface area (Å²) in [4.78, 5) is 17.2. The van der Waals surface area contributed by atoms with Gasteiger partial charge in [-0.15, -0.1) is 0 Å². The molecule has 1 aliphatic rings. The van der Waals surface area contributed by atoms with E-state index in [0.29, 0.717) is 30.8 Å². The first kappa shape index (κ1) is 15.0. The second kappa shape index (κ2) is 5.35. The van der Waals surface area contributed by atoms with Crippen molar-refractivity contribution in [3.63, 3.8) is 0 Å². The number of benzene rings is 1. The lowest BCUT2D eigenvalue weighted by molar-refractivity contribution is -0.138. The lowest BCUT2D eigenvalue weighted by atomic mass is 10.1. The van der Waals surface area contributed by atoms with E-state index in [1.807, 2.05) is 0 Å². The fourth-order valence-electron chi connectivity index (χ4n) is 2.91. The van der Waals surface area contributed by atoms with Gasteiger partial charge in [0.1, 0.15) is 23.5 Å². The molecule has 0 radical (unpaired) electrons. The zero-order chi connectivity index (χ0) is 16.0. The summed E-state index contributed by atoms with van der Waals surface area (Å²) in [5.74, 6) is -2.11. The first-order valence-corrected chi connectivity index (χ1v) is 7.22. The highest BCUT2D eigenvalue weighted by Crippen LogP contribution is 2.36. The number of pyridine rings is 1. The number of hydrogen-bond donors (Lipinski definition) is 1. The van der Waals surface area contributed by atoms with Crippen LogP contribution < -0.4 is 4.90 Å². The summed E-state index contributed by atoms with van der Waals surface area (Å²) in [6, 6.07) is 1.16. The van der Waals surface area contributed by atoms with Crippen LogP contribution in [0.3, 0.4) is 0 Å².